The number of rotatable bonds is 9. The second-order valence-electron chi connectivity index (χ2n) is 6.79. The van der Waals surface area contributed by atoms with E-state index in [-0.39, 0.29) is 24.9 Å². The van der Waals surface area contributed by atoms with Crippen molar-refractivity contribution in [3.63, 3.8) is 0 Å². The molecule has 0 aliphatic carbocycles. The van der Waals surface area contributed by atoms with Crippen LogP contribution in [0.5, 0.6) is 5.75 Å². The summed E-state index contributed by atoms with van der Waals surface area (Å²) < 4.78 is 6.50. The first-order chi connectivity index (χ1) is 16.0. The molecule has 3 aromatic rings. The number of nitriles is 2. The summed E-state index contributed by atoms with van der Waals surface area (Å²) in [6.45, 7) is -0.347. The van der Waals surface area contributed by atoms with Crippen molar-refractivity contribution in [1.82, 2.24) is 14.8 Å². The summed E-state index contributed by atoms with van der Waals surface area (Å²) in [5, 5.41) is 37.5. The average Bonchev–Trinajstić information content (AvgIpc) is 2.82. The smallest absolute Gasteiger partial charge is 0.310 e. The van der Waals surface area contributed by atoms with Crippen molar-refractivity contribution in [1.29, 1.82) is 10.5 Å². The van der Waals surface area contributed by atoms with E-state index in [4.69, 9.17) is 26.9 Å². The van der Waals surface area contributed by atoms with Gasteiger partial charge in [-0.2, -0.15) is 15.5 Å². The van der Waals surface area contributed by atoms with E-state index in [2.05, 4.69) is 26.8 Å². The molecule has 168 valence electrons. The summed E-state index contributed by atoms with van der Waals surface area (Å²) in [5.41, 5.74) is 1.70. The molecule has 11 heteroatoms. The third-order valence-corrected chi connectivity index (χ3v) is 4.85. The highest BCUT2D eigenvalue weighted by Crippen LogP contribution is 2.36. The van der Waals surface area contributed by atoms with E-state index >= 15 is 0 Å². The van der Waals surface area contributed by atoms with Crippen molar-refractivity contribution in [2.24, 2.45) is 0 Å². The molecular weight excluding hydrogens is 446 g/mol. The van der Waals surface area contributed by atoms with Crippen LogP contribution < -0.4 is 20.9 Å². The Morgan fingerprint density at radius 1 is 1.21 bits per heavy atom. The first kappa shape index (κ1) is 23.5. The molecule has 2 aromatic carbocycles. The molecule has 0 fully saturated rings. The van der Waals surface area contributed by atoms with Gasteiger partial charge in [0.1, 0.15) is 11.4 Å². The topological polar surface area (TPSA) is 149 Å². The molecule has 0 atom stereocenters. The molecule has 33 heavy (non-hydrogen) atoms. The number of aromatic nitrogens is 3. The molecule has 0 saturated heterocycles. The third-order valence-electron chi connectivity index (χ3n) is 4.55. The van der Waals surface area contributed by atoms with Gasteiger partial charge in [0.15, 0.2) is 0 Å². The normalized spacial score (nSPS) is 10.2. The molecule has 0 amide bonds. The van der Waals surface area contributed by atoms with Crippen LogP contribution in [0.1, 0.15) is 17.5 Å². The Kier molecular flexibility index (Phi) is 7.82. The van der Waals surface area contributed by atoms with Crippen LogP contribution in [0, 0.1) is 22.7 Å². The first-order valence-corrected chi connectivity index (χ1v) is 10.2. The largest absolute Gasteiger partial charge is 0.495 e. The van der Waals surface area contributed by atoms with Crippen LogP contribution in [-0.4, -0.2) is 33.6 Å². The molecule has 1 heterocycles. The van der Waals surface area contributed by atoms with Crippen molar-refractivity contribution in [3.8, 4) is 17.9 Å². The van der Waals surface area contributed by atoms with Gasteiger partial charge in [-0.1, -0.05) is 11.6 Å². The predicted octanol–water partition coefficient (Wildman–Crippen LogP) is 3.11. The van der Waals surface area contributed by atoms with E-state index in [0.29, 0.717) is 40.6 Å². The number of hydrogen-bond acceptors (Lipinski definition) is 9. The Balaban J connectivity index is 1.98. The molecule has 3 N–H and O–H groups in total. The number of methoxy groups -OCH3 is 1. The number of aliphatic hydroxyl groups is 1. The zero-order chi connectivity index (χ0) is 23.8. The van der Waals surface area contributed by atoms with Crippen LogP contribution in [0.4, 0.5) is 23.1 Å². The highest BCUT2D eigenvalue weighted by atomic mass is 35.5. The van der Waals surface area contributed by atoms with Crippen molar-refractivity contribution in [3.05, 3.63) is 62.9 Å². The fourth-order valence-electron chi connectivity index (χ4n) is 2.98. The number of anilines is 4. The molecule has 0 radical (unpaired) electrons. The zero-order valence-corrected chi connectivity index (χ0v) is 18.4. The highest BCUT2D eigenvalue weighted by molar-refractivity contribution is 6.33. The first-order valence-electron chi connectivity index (χ1n) is 9.86. The van der Waals surface area contributed by atoms with E-state index in [1.807, 2.05) is 6.07 Å². The Hall–Kier alpha value is -4.12. The lowest BCUT2D eigenvalue weighted by Gasteiger charge is -2.15. The zero-order valence-electron chi connectivity index (χ0n) is 17.7. The lowest BCUT2D eigenvalue weighted by molar-refractivity contribution is 0.266. The van der Waals surface area contributed by atoms with Crippen molar-refractivity contribution in [2.45, 2.75) is 19.4 Å². The average molecular weight is 466 g/mol. The van der Waals surface area contributed by atoms with Crippen molar-refractivity contribution in [2.75, 3.05) is 24.4 Å². The van der Waals surface area contributed by atoms with Crippen LogP contribution in [0.3, 0.4) is 0 Å². The Morgan fingerprint density at radius 3 is 2.61 bits per heavy atom. The molecule has 0 saturated carbocycles. The second kappa shape index (κ2) is 11.0. The molecule has 3 rings (SSSR count). The van der Waals surface area contributed by atoms with E-state index in [1.54, 1.807) is 36.4 Å². The number of aryl methyl sites for hydroxylation is 1. The number of halogens is 1. The quantitative estimate of drug-likeness (QED) is 0.433. The summed E-state index contributed by atoms with van der Waals surface area (Å²) in [5.74, 6) is 0.427. The molecule has 10 nitrogen and oxygen atoms in total. The van der Waals surface area contributed by atoms with E-state index in [9.17, 15) is 9.90 Å². The Bertz CT molecular complexity index is 1280. The fourth-order valence-corrected chi connectivity index (χ4v) is 3.26. The van der Waals surface area contributed by atoms with Gasteiger partial charge in [-0.15, -0.1) is 5.10 Å². The van der Waals surface area contributed by atoms with Crippen LogP contribution in [0.2, 0.25) is 5.02 Å². The standard InChI is InChI=1S/C22H20ClN7O3/c1-33-18-12-15(3-2-8-24)11-17(23)19(18)27-22-28-20(21(32)30(29-22)9-10-31)26-16-6-4-14(13-25)5-7-16/h4-7,11-12,31H,2-3,9-10H2,1H3,(H2,26,27,28,29). The van der Waals surface area contributed by atoms with Gasteiger partial charge in [-0.3, -0.25) is 4.79 Å². The monoisotopic (exact) mass is 465 g/mol. The minimum Gasteiger partial charge on any atom is -0.495 e. The number of aliphatic hydroxyl groups excluding tert-OH is 1. The number of nitrogens with one attached hydrogen (secondary N) is 2. The van der Waals surface area contributed by atoms with Gasteiger partial charge < -0.3 is 20.5 Å². The third kappa shape index (κ3) is 5.77. The minimum atomic E-state index is -0.538. The summed E-state index contributed by atoms with van der Waals surface area (Å²) in [6, 6.07) is 14.1. The van der Waals surface area contributed by atoms with Crippen molar-refractivity contribution < 1.29 is 9.84 Å². The Labute approximate surface area is 194 Å². The minimum absolute atomic E-state index is 0.0358. The molecule has 0 spiro atoms. The van der Waals surface area contributed by atoms with Gasteiger partial charge >= 0.3 is 5.56 Å². The molecule has 0 bridgehead atoms. The lowest BCUT2D eigenvalue weighted by atomic mass is 10.1. The number of hydrogen-bond donors (Lipinski definition) is 3. The van der Waals surface area contributed by atoms with Gasteiger partial charge in [0, 0.05) is 12.1 Å². The van der Waals surface area contributed by atoms with Gasteiger partial charge in [-0.05, 0) is 48.4 Å². The van der Waals surface area contributed by atoms with Crippen LogP contribution in [-0.2, 0) is 13.0 Å². The summed E-state index contributed by atoms with van der Waals surface area (Å²) in [4.78, 5) is 17.0. The summed E-state index contributed by atoms with van der Waals surface area (Å²) in [6.07, 6.45) is 0.856. The molecule has 1 aromatic heterocycles. The molecule has 0 unspecified atom stereocenters. The fraction of sp³-hybridized carbons (Fsp3) is 0.227. The maximum Gasteiger partial charge on any atom is 0.310 e. The van der Waals surface area contributed by atoms with Crippen LogP contribution in [0.15, 0.2) is 41.2 Å². The molecule has 0 aliphatic rings. The maximum atomic E-state index is 12.7. The van der Waals surface area contributed by atoms with Gasteiger partial charge in [-0.25, -0.2) is 4.68 Å². The maximum absolute atomic E-state index is 12.7. The molecule has 0 aliphatic heterocycles. The summed E-state index contributed by atoms with van der Waals surface area (Å²) >= 11 is 6.44. The highest BCUT2D eigenvalue weighted by Gasteiger charge is 2.16. The Morgan fingerprint density at radius 2 is 1.97 bits per heavy atom. The lowest BCUT2D eigenvalue weighted by Crippen LogP contribution is -2.28. The predicted molar refractivity (Wildman–Crippen MR) is 123 cm³/mol. The van der Waals surface area contributed by atoms with Gasteiger partial charge in [0.05, 0.1) is 43.0 Å². The van der Waals surface area contributed by atoms with E-state index in [0.717, 1.165) is 10.2 Å². The number of benzene rings is 2. The van der Waals surface area contributed by atoms with Gasteiger partial charge in [0.25, 0.3) is 0 Å². The SMILES string of the molecule is COc1cc(CCC#N)cc(Cl)c1Nc1nc(Nc2ccc(C#N)cc2)c(=O)n(CCO)n1. The van der Waals surface area contributed by atoms with Crippen LogP contribution in [0.25, 0.3) is 0 Å². The summed E-state index contributed by atoms with van der Waals surface area (Å²) in [7, 11) is 1.48. The molecular formula is C22H20ClN7O3. The van der Waals surface area contributed by atoms with Crippen molar-refractivity contribution >= 4 is 34.7 Å². The van der Waals surface area contributed by atoms with Gasteiger partial charge in [0.2, 0.25) is 11.8 Å². The number of ether oxygens (including phenoxy) is 1. The second-order valence-corrected chi connectivity index (χ2v) is 7.20. The van der Waals surface area contributed by atoms with E-state index < -0.39 is 5.56 Å². The van der Waals surface area contributed by atoms with Crippen LogP contribution >= 0.6 is 11.6 Å². The van der Waals surface area contributed by atoms with E-state index in [1.165, 1.54) is 7.11 Å². The number of nitrogens with zero attached hydrogens (tertiary/aromatic N) is 5.